The van der Waals surface area contributed by atoms with E-state index < -0.39 is 21.0 Å². The van der Waals surface area contributed by atoms with Crippen molar-refractivity contribution in [2.24, 2.45) is 5.92 Å². The van der Waals surface area contributed by atoms with Crippen LogP contribution in [0.15, 0.2) is 10.6 Å². The number of amides is 1. The van der Waals surface area contributed by atoms with E-state index in [0.717, 1.165) is 38.7 Å². The average molecular weight is 501 g/mol. The Hall–Kier alpha value is -1.53. The first-order valence-electron chi connectivity index (χ1n) is 12.1. The van der Waals surface area contributed by atoms with E-state index in [-0.39, 0.29) is 24.0 Å². The van der Waals surface area contributed by atoms with Gasteiger partial charge in [0.05, 0.1) is 24.1 Å². The number of piperidine rings is 1. The van der Waals surface area contributed by atoms with Crippen molar-refractivity contribution in [2.75, 3.05) is 44.4 Å². The molecule has 1 amide bonds. The fourth-order valence-corrected chi connectivity index (χ4v) is 5.06. The Morgan fingerprint density at radius 1 is 1.24 bits per heavy atom. The fourth-order valence-electron chi connectivity index (χ4n) is 4.11. The smallest absolute Gasteiger partial charge is 0.246 e. The van der Waals surface area contributed by atoms with Crippen molar-refractivity contribution >= 4 is 21.8 Å². The molecule has 0 aliphatic carbocycles. The Morgan fingerprint density at radius 3 is 2.68 bits per heavy atom. The number of carbonyl (C=O) groups excluding carboxylic acids is 1. The Bertz CT molecular complexity index is 924. The summed E-state index contributed by atoms with van der Waals surface area (Å²) in [5.41, 5.74) is -0.599. The lowest BCUT2D eigenvalue weighted by atomic mass is 9.90. The van der Waals surface area contributed by atoms with Crippen molar-refractivity contribution in [2.45, 2.75) is 77.0 Å². The monoisotopic (exact) mass is 500 g/mol. The second kappa shape index (κ2) is 11.0. The number of nitrogens with zero attached hydrogens (tertiary/aromatic N) is 2. The van der Waals surface area contributed by atoms with Crippen LogP contribution in [-0.4, -0.2) is 74.7 Å². The molecule has 1 aromatic heterocycles. The van der Waals surface area contributed by atoms with Crippen LogP contribution >= 0.6 is 0 Å². The highest BCUT2D eigenvalue weighted by Gasteiger charge is 2.33. The largest absolute Gasteiger partial charge is 0.353 e. The maximum absolute atomic E-state index is 12.9. The first-order chi connectivity index (χ1) is 15.9. The molecule has 10 nitrogen and oxygen atoms in total. The van der Waals surface area contributed by atoms with Crippen LogP contribution in [0.3, 0.4) is 0 Å². The predicted octanol–water partition coefficient (Wildman–Crippen LogP) is 2.47. The van der Waals surface area contributed by atoms with Crippen LogP contribution < -0.4 is 10.6 Å². The lowest BCUT2D eigenvalue weighted by Gasteiger charge is -2.33. The molecule has 2 aliphatic heterocycles. The third-order valence-electron chi connectivity index (χ3n) is 6.56. The summed E-state index contributed by atoms with van der Waals surface area (Å²) in [4.78, 5) is 12.9. The molecule has 1 aromatic rings. The van der Waals surface area contributed by atoms with Gasteiger partial charge in [-0.1, -0.05) is 19.0 Å². The number of hydrogen-bond acceptors (Lipinski definition) is 8. The van der Waals surface area contributed by atoms with Gasteiger partial charge in [-0.25, -0.2) is 12.7 Å². The van der Waals surface area contributed by atoms with Gasteiger partial charge in [0.15, 0.2) is 6.29 Å². The number of hydrogen-bond donors (Lipinski definition) is 2. The van der Waals surface area contributed by atoms with Crippen LogP contribution in [0.2, 0.25) is 0 Å². The van der Waals surface area contributed by atoms with Crippen molar-refractivity contribution in [1.82, 2.24) is 14.8 Å². The molecule has 0 radical (unpaired) electrons. The van der Waals surface area contributed by atoms with E-state index in [1.807, 2.05) is 13.8 Å². The van der Waals surface area contributed by atoms with Crippen molar-refractivity contribution < 1.29 is 27.2 Å². The summed E-state index contributed by atoms with van der Waals surface area (Å²) in [5.74, 6) is 0.176. The maximum Gasteiger partial charge on any atom is 0.246 e. The average Bonchev–Trinajstić information content (AvgIpc) is 3.26. The second-order valence-corrected chi connectivity index (χ2v) is 12.6. The van der Waals surface area contributed by atoms with Crippen LogP contribution in [0.5, 0.6) is 0 Å². The van der Waals surface area contributed by atoms with E-state index in [4.69, 9.17) is 14.0 Å². The molecule has 34 heavy (non-hydrogen) atoms. The number of anilines is 1. The first kappa shape index (κ1) is 27.1. The van der Waals surface area contributed by atoms with Gasteiger partial charge >= 0.3 is 0 Å². The summed E-state index contributed by atoms with van der Waals surface area (Å²) >= 11 is 0. The van der Waals surface area contributed by atoms with Crippen molar-refractivity contribution in [3.05, 3.63) is 11.8 Å². The van der Waals surface area contributed by atoms with E-state index in [2.05, 4.69) is 15.8 Å². The molecular weight excluding hydrogens is 460 g/mol. The summed E-state index contributed by atoms with van der Waals surface area (Å²) in [7, 11) is -3.20. The topological polar surface area (TPSA) is 123 Å². The van der Waals surface area contributed by atoms with Crippen LogP contribution in [0.4, 0.5) is 5.88 Å². The molecule has 0 bridgehead atoms. The SMILES string of the molecule is CC(C)(NC[C@@H]1CCCN(S(C)(=O)=O)C1)C(=O)Nc1cc(C(C)(C)COC2CCCCO2)no1. The van der Waals surface area contributed by atoms with E-state index in [1.54, 1.807) is 19.9 Å². The molecule has 194 valence electrons. The Morgan fingerprint density at radius 2 is 2.00 bits per heavy atom. The van der Waals surface area contributed by atoms with Crippen molar-refractivity contribution in [3.63, 3.8) is 0 Å². The number of rotatable bonds is 10. The third-order valence-corrected chi connectivity index (χ3v) is 7.83. The Balaban J connectivity index is 1.50. The van der Waals surface area contributed by atoms with Gasteiger partial charge in [0.25, 0.3) is 0 Å². The van der Waals surface area contributed by atoms with E-state index >= 15 is 0 Å². The van der Waals surface area contributed by atoms with Gasteiger partial charge in [-0.15, -0.1) is 0 Å². The van der Waals surface area contributed by atoms with Gasteiger partial charge in [0.1, 0.15) is 0 Å². The lowest BCUT2D eigenvalue weighted by Crippen LogP contribution is -2.53. The van der Waals surface area contributed by atoms with E-state index in [0.29, 0.717) is 31.9 Å². The molecule has 2 aliphatic rings. The van der Waals surface area contributed by atoms with Gasteiger partial charge in [-0.05, 0) is 51.9 Å². The Labute approximate surface area is 203 Å². The molecule has 2 atom stereocenters. The molecule has 2 saturated heterocycles. The van der Waals surface area contributed by atoms with Gasteiger partial charge in [-0.3, -0.25) is 10.1 Å². The third kappa shape index (κ3) is 7.48. The first-order valence-corrected chi connectivity index (χ1v) is 13.9. The molecular formula is C23H40N4O6S. The van der Waals surface area contributed by atoms with Crippen LogP contribution in [-0.2, 0) is 29.7 Å². The predicted molar refractivity (Wildman–Crippen MR) is 129 cm³/mol. The molecule has 1 unspecified atom stereocenters. The molecule has 2 fully saturated rings. The highest BCUT2D eigenvalue weighted by molar-refractivity contribution is 7.88. The molecule has 2 N–H and O–H groups in total. The van der Waals surface area contributed by atoms with Crippen LogP contribution in [0.1, 0.15) is 65.5 Å². The molecule has 0 aromatic carbocycles. The summed E-state index contributed by atoms with van der Waals surface area (Å²) < 4.78 is 42.1. The van der Waals surface area contributed by atoms with Crippen molar-refractivity contribution in [1.29, 1.82) is 0 Å². The molecule has 3 rings (SSSR count). The van der Waals surface area contributed by atoms with Gasteiger partial charge in [0, 0.05) is 37.7 Å². The molecule has 3 heterocycles. The zero-order valence-corrected chi connectivity index (χ0v) is 21.9. The minimum Gasteiger partial charge on any atom is -0.353 e. The summed E-state index contributed by atoms with van der Waals surface area (Å²) in [6.45, 7) is 10.3. The zero-order valence-electron chi connectivity index (χ0n) is 21.1. The standard InChI is InChI=1S/C23H40N4O6S/c1-22(2,16-32-20-10-6-7-12-31-20)18-13-19(33-26-18)25-21(28)23(3,4)24-14-17-9-8-11-27(15-17)34(5,29)30/h13,17,20,24H,6-12,14-16H2,1-5H3,(H,25,28)/t17-,20?/m0/s1. The molecule has 11 heteroatoms. The Kier molecular flexibility index (Phi) is 8.78. The quantitative estimate of drug-likeness (QED) is 0.502. The fraction of sp³-hybridized carbons (Fsp3) is 0.826. The number of carbonyl (C=O) groups is 1. The highest BCUT2D eigenvalue weighted by Crippen LogP contribution is 2.27. The maximum atomic E-state index is 12.9. The molecule has 0 spiro atoms. The van der Waals surface area contributed by atoms with Gasteiger partial charge < -0.3 is 19.3 Å². The number of aromatic nitrogens is 1. The summed E-state index contributed by atoms with van der Waals surface area (Å²) in [6, 6.07) is 1.73. The van der Waals surface area contributed by atoms with E-state index in [1.165, 1.54) is 10.6 Å². The normalized spacial score (nSPS) is 23.1. The number of sulfonamides is 1. The summed E-state index contributed by atoms with van der Waals surface area (Å²) in [6.07, 6.45) is 5.87. The van der Waals surface area contributed by atoms with Gasteiger partial charge in [-0.2, -0.15) is 0 Å². The highest BCUT2D eigenvalue weighted by atomic mass is 32.2. The van der Waals surface area contributed by atoms with E-state index in [9.17, 15) is 13.2 Å². The van der Waals surface area contributed by atoms with Crippen molar-refractivity contribution in [3.8, 4) is 0 Å². The number of ether oxygens (including phenoxy) is 2. The van der Waals surface area contributed by atoms with Gasteiger partial charge in [0.2, 0.25) is 21.8 Å². The minimum absolute atomic E-state index is 0.154. The molecule has 0 saturated carbocycles. The lowest BCUT2D eigenvalue weighted by molar-refractivity contribution is -0.170. The number of nitrogens with one attached hydrogen (secondary N) is 2. The summed E-state index contributed by atoms with van der Waals surface area (Å²) in [5, 5.41) is 10.2. The van der Waals surface area contributed by atoms with Crippen LogP contribution in [0.25, 0.3) is 0 Å². The zero-order chi connectivity index (χ0) is 25.0. The second-order valence-electron chi connectivity index (χ2n) is 10.7. The minimum atomic E-state index is -3.20. The van der Waals surface area contributed by atoms with Crippen LogP contribution in [0, 0.1) is 5.92 Å².